The summed E-state index contributed by atoms with van der Waals surface area (Å²) in [5.41, 5.74) is 25.3. The highest BCUT2D eigenvalue weighted by atomic mass is 32.1. The number of rotatable bonds is 13. The number of thiazole rings is 2. The first-order valence-electron chi connectivity index (χ1n) is 21.4. The summed E-state index contributed by atoms with van der Waals surface area (Å²) in [6.07, 6.45) is 11.4. The molecular formula is C52H44N14S2. The fourth-order valence-corrected chi connectivity index (χ4v) is 9.23. The summed E-state index contributed by atoms with van der Waals surface area (Å²) in [7, 11) is 0. The third kappa shape index (κ3) is 9.26. The number of nitrogens with one attached hydrogen (secondary N) is 4. The summed E-state index contributed by atoms with van der Waals surface area (Å²) in [5, 5.41) is 19.5. The highest BCUT2D eigenvalue weighted by molar-refractivity contribution is 7.19. The largest absolute Gasteiger partial charge is 0.397 e. The maximum Gasteiger partial charge on any atom is 0.188 e. The quantitative estimate of drug-likeness (QED) is 0.0606. The van der Waals surface area contributed by atoms with Crippen LogP contribution in [-0.2, 0) is 0 Å². The third-order valence-corrected chi connectivity index (χ3v) is 12.9. The first kappa shape index (κ1) is 42.9. The third-order valence-electron chi connectivity index (χ3n) is 10.8. The van der Waals surface area contributed by atoms with Gasteiger partial charge in [-0.2, -0.15) is 0 Å². The zero-order valence-corrected chi connectivity index (χ0v) is 38.3. The number of pyridine rings is 2. The van der Waals surface area contributed by atoms with Gasteiger partial charge < -0.3 is 32.7 Å². The molecule has 0 fully saturated rings. The molecule has 0 aliphatic heterocycles. The van der Waals surface area contributed by atoms with Gasteiger partial charge in [-0.25, -0.2) is 24.6 Å². The standard InChI is InChI=1S/C28H24N8S.C24H20N6S/c1-18(31-27-23(29)17-36(34-27)22-8-4-3-5-9-22)20-11-13-21(14-12-20)33-28-32-19(2)26(37-28)24-16-30-25-10-6-7-15-35(24)25;1-16(28-20-10-3-2-9-19(20)25)17-7-6-8-18(13-17)29-24-27-15-22(31-24)21-14-26-23-11-4-5-12-30(21)23/h3-17H,1,29H2,2H3,(H,31,34)(H,32,33);2-15,28H,1,25H2,(H,27,29). The van der Waals surface area contributed by atoms with Crippen molar-refractivity contribution >= 4 is 89.9 Å². The molecular weight excluding hydrogens is 885 g/mol. The van der Waals surface area contributed by atoms with Crippen molar-refractivity contribution in [2.45, 2.75) is 6.92 Å². The molecule has 0 radical (unpaired) electrons. The molecule has 8 N–H and O–H groups in total. The average Bonchev–Trinajstić information content (AvgIpc) is 4.22. The van der Waals surface area contributed by atoms with Crippen LogP contribution in [0.15, 0.2) is 190 Å². The molecule has 0 aliphatic rings. The Morgan fingerprint density at radius 2 is 1.26 bits per heavy atom. The SMILES string of the molecule is C=C(Nc1ccccc1N)c1cccc(Nc2ncc(-c3cnc4ccccn34)s2)c1.C=C(Nc1nn(-c2ccccc2)cc1N)c1ccc(Nc2nc(C)c(-c3cnc4ccccn34)s2)cc1. The van der Waals surface area contributed by atoms with E-state index in [1.54, 1.807) is 33.6 Å². The van der Waals surface area contributed by atoms with E-state index in [9.17, 15) is 0 Å². The lowest BCUT2D eigenvalue weighted by Gasteiger charge is -2.13. The van der Waals surface area contributed by atoms with E-state index in [2.05, 4.69) is 63.3 Å². The van der Waals surface area contributed by atoms with Gasteiger partial charge in [-0.1, -0.05) is 103 Å². The van der Waals surface area contributed by atoms with Crippen LogP contribution >= 0.6 is 22.7 Å². The zero-order chi connectivity index (χ0) is 46.6. The van der Waals surface area contributed by atoms with Crippen molar-refractivity contribution in [2.75, 3.05) is 32.7 Å². The normalized spacial score (nSPS) is 11.0. The number of hydrogen-bond acceptors (Lipinski definition) is 13. The van der Waals surface area contributed by atoms with Crippen molar-refractivity contribution in [1.29, 1.82) is 0 Å². The fraction of sp³-hybridized carbons (Fsp3) is 0.0192. The molecule has 0 aliphatic carbocycles. The summed E-state index contributed by atoms with van der Waals surface area (Å²) in [6.45, 7) is 10.3. The fourth-order valence-electron chi connectivity index (χ4n) is 7.40. The molecule has 4 aromatic carbocycles. The number of aryl methyl sites for hydroxylation is 1. The molecule has 0 bridgehead atoms. The molecule has 0 spiro atoms. The predicted octanol–water partition coefficient (Wildman–Crippen LogP) is 12.2. The summed E-state index contributed by atoms with van der Waals surface area (Å²) in [6, 6.07) is 45.4. The Bertz CT molecular complexity index is 3560. The van der Waals surface area contributed by atoms with Gasteiger partial charge in [0.25, 0.3) is 0 Å². The lowest BCUT2D eigenvalue weighted by molar-refractivity contribution is 0.885. The Morgan fingerprint density at radius 3 is 2.03 bits per heavy atom. The second kappa shape index (κ2) is 18.9. The van der Waals surface area contributed by atoms with Crippen LogP contribution in [0.2, 0.25) is 0 Å². The molecule has 0 saturated carbocycles. The van der Waals surface area contributed by atoms with Crippen molar-refractivity contribution in [1.82, 2.24) is 38.5 Å². The second-order valence-corrected chi connectivity index (χ2v) is 17.6. The van der Waals surface area contributed by atoms with Crippen LogP contribution in [0.4, 0.5) is 44.5 Å². The van der Waals surface area contributed by atoms with Crippen LogP contribution in [-0.4, -0.2) is 38.5 Å². The zero-order valence-electron chi connectivity index (χ0n) is 36.7. The van der Waals surface area contributed by atoms with E-state index in [0.717, 1.165) is 88.0 Å². The van der Waals surface area contributed by atoms with E-state index in [-0.39, 0.29) is 0 Å². The van der Waals surface area contributed by atoms with Gasteiger partial charge in [-0.15, -0.1) is 5.10 Å². The van der Waals surface area contributed by atoms with Crippen molar-refractivity contribution in [3.63, 3.8) is 0 Å². The van der Waals surface area contributed by atoms with Crippen molar-refractivity contribution in [3.05, 3.63) is 207 Å². The highest BCUT2D eigenvalue weighted by Gasteiger charge is 2.16. The Morgan fingerprint density at radius 1 is 0.588 bits per heavy atom. The Kier molecular flexibility index (Phi) is 11.9. The number of nitrogens with zero attached hydrogens (tertiary/aromatic N) is 8. The first-order valence-corrected chi connectivity index (χ1v) is 23.1. The van der Waals surface area contributed by atoms with E-state index in [0.29, 0.717) is 22.9 Å². The number of hydrogen-bond donors (Lipinski definition) is 6. The number of nitrogen functional groups attached to an aromatic ring is 2. The van der Waals surface area contributed by atoms with Crippen LogP contribution in [0.3, 0.4) is 0 Å². The monoisotopic (exact) mass is 928 g/mol. The highest BCUT2D eigenvalue weighted by Crippen LogP contribution is 2.36. The molecule has 14 nitrogen and oxygen atoms in total. The number of para-hydroxylation sites is 3. The van der Waals surface area contributed by atoms with Crippen LogP contribution < -0.4 is 32.7 Å². The molecule has 7 heterocycles. The molecule has 7 aromatic heterocycles. The maximum atomic E-state index is 6.19. The maximum absolute atomic E-state index is 6.19. The Labute approximate surface area is 399 Å². The van der Waals surface area contributed by atoms with E-state index >= 15 is 0 Å². The number of imidazole rings is 2. The minimum Gasteiger partial charge on any atom is -0.397 e. The van der Waals surface area contributed by atoms with Gasteiger partial charge in [0.1, 0.15) is 11.3 Å². The average molecular weight is 929 g/mol. The number of benzene rings is 4. The number of nitrogens with two attached hydrogens (primary N) is 2. The molecule has 16 heteroatoms. The Balaban J connectivity index is 0.000000161. The predicted molar refractivity (Wildman–Crippen MR) is 281 cm³/mol. The summed E-state index contributed by atoms with van der Waals surface area (Å²) < 4.78 is 5.88. The minimum atomic E-state index is 0.546. The van der Waals surface area contributed by atoms with E-state index in [1.807, 2.05) is 177 Å². The molecule has 334 valence electrons. The van der Waals surface area contributed by atoms with Crippen LogP contribution in [0.5, 0.6) is 0 Å². The lowest BCUT2D eigenvalue weighted by Crippen LogP contribution is -2.01. The molecule has 0 unspecified atom stereocenters. The smallest absolute Gasteiger partial charge is 0.188 e. The van der Waals surface area contributed by atoms with Crippen molar-refractivity contribution in [2.24, 2.45) is 0 Å². The lowest BCUT2D eigenvalue weighted by atomic mass is 10.1. The summed E-state index contributed by atoms with van der Waals surface area (Å²) in [4.78, 5) is 20.4. The van der Waals surface area contributed by atoms with Gasteiger partial charge in [0, 0.05) is 41.4 Å². The van der Waals surface area contributed by atoms with Gasteiger partial charge in [0.05, 0.1) is 68.2 Å². The van der Waals surface area contributed by atoms with Gasteiger partial charge in [0.2, 0.25) is 0 Å². The number of fused-ring (bicyclic) bond motifs is 2. The summed E-state index contributed by atoms with van der Waals surface area (Å²) in [5.74, 6) is 0.564. The molecule has 0 saturated heterocycles. The number of aromatic nitrogens is 8. The van der Waals surface area contributed by atoms with E-state index < -0.39 is 0 Å². The van der Waals surface area contributed by atoms with Gasteiger partial charge in [-0.05, 0) is 90.8 Å². The first-order chi connectivity index (χ1) is 33.2. The Hall–Kier alpha value is -8.99. The topological polar surface area (TPSA) is 178 Å². The van der Waals surface area contributed by atoms with Crippen molar-refractivity contribution < 1.29 is 0 Å². The number of anilines is 8. The molecule has 11 rings (SSSR count). The minimum absolute atomic E-state index is 0.546. The molecule has 68 heavy (non-hydrogen) atoms. The molecule has 0 atom stereocenters. The second-order valence-electron chi connectivity index (χ2n) is 15.5. The molecule has 0 amide bonds. The molecule has 11 aromatic rings. The van der Waals surface area contributed by atoms with E-state index in [1.165, 1.54) is 0 Å². The van der Waals surface area contributed by atoms with Gasteiger partial charge in [-0.3, -0.25) is 8.80 Å². The van der Waals surface area contributed by atoms with Gasteiger partial charge in [0.15, 0.2) is 16.1 Å². The van der Waals surface area contributed by atoms with Crippen LogP contribution in [0.25, 0.3) is 49.5 Å². The van der Waals surface area contributed by atoms with Gasteiger partial charge >= 0.3 is 0 Å². The van der Waals surface area contributed by atoms with Crippen LogP contribution in [0, 0.1) is 6.92 Å². The van der Waals surface area contributed by atoms with Crippen molar-refractivity contribution in [3.8, 4) is 26.8 Å². The van der Waals surface area contributed by atoms with Crippen LogP contribution in [0.1, 0.15) is 16.8 Å². The summed E-state index contributed by atoms with van der Waals surface area (Å²) >= 11 is 3.19. The van der Waals surface area contributed by atoms with E-state index in [4.69, 9.17) is 16.5 Å².